The van der Waals surface area contributed by atoms with Crippen LogP contribution in [0.25, 0.3) is 11.1 Å². The van der Waals surface area contributed by atoms with Crippen molar-refractivity contribution in [2.24, 2.45) is 0 Å². The molecule has 1 saturated heterocycles. The molecule has 2 amide bonds. The van der Waals surface area contributed by atoms with Gasteiger partial charge in [0.2, 0.25) is 5.91 Å². The predicted octanol–water partition coefficient (Wildman–Crippen LogP) is 4.94. The van der Waals surface area contributed by atoms with Gasteiger partial charge in [-0.1, -0.05) is 62.4 Å². The second kappa shape index (κ2) is 9.72. The number of ether oxygens (including phenoxy) is 1. The summed E-state index contributed by atoms with van der Waals surface area (Å²) in [4.78, 5) is 40.2. The number of carboxylic acid groups (broad SMARTS) is 1. The van der Waals surface area contributed by atoms with E-state index in [2.05, 4.69) is 29.6 Å². The molecule has 1 atom stereocenters. The summed E-state index contributed by atoms with van der Waals surface area (Å²) in [6.07, 6.45) is 1.87. The molecule has 7 nitrogen and oxygen atoms in total. The average Bonchev–Trinajstić information content (AvgIpc) is 3.19. The molecule has 0 radical (unpaired) electrons. The molecule has 2 aromatic carbocycles. The van der Waals surface area contributed by atoms with Gasteiger partial charge < -0.3 is 20.1 Å². The topological polar surface area (TPSA) is 95.9 Å². The van der Waals surface area contributed by atoms with Crippen LogP contribution in [-0.4, -0.2) is 52.2 Å². The molecule has 2 aliphatic rings. The van der Waals surface area contributed by atoms with Crippen LogP contribution in [0.4, 0.5) is 4.79 Å². The lowest BCUT2D eigenvalue weighted by molar-refractivity contribution is -0.164. The first-order chi connectivity index (χ1) is 16.8. The molecule has 7 heteroatoms. The van der Waals surface area contributed by atoms with E-state index in [4.69, 9.17) is 4.74 Å². The third-order valence-electron chi connectivity index (χ3n) is 7.90. The summed E-state index contributed by atoms with van der Waals surface area (Å²) in [6, 6.07) is 16.2. The Morgan fingerprint density at radius 1 is 1.03 bits per heavy atom. The number of hydrogen-bond donors (Lipinski definition) is 2. The van der Waals surface area contributed by atoms with E-state index in [1.165, 1.54) is 4.90 Å². The first-order valence-corrected chi connectivity index (χ1v) is 12.5. The van der Waals surface area contributed by atoms with E-state index in [1.54, 1.807) is 6.92 Å². The average molecular weight is 479 g/mol. The van der Waals surface area contributed by atoms with Crippen molar-refractivity contribution < 1.29 is 24.2 Å². The molecule has 186 valence electrons. The van der Waals surface area contributed by atoms with Crippen molar-refractivity contribution in [2.75, 3.05) is 13.2 Å². The first kappa shape index (κ1) is 24.8. The van der Waals surface area contributed by atoms with Crippen molar-refractivity contribution in [1.29, 1.82) is 0 Å². The second-order valence-corrected chi connectivity index (χ2v) is 9.73. The minimum atomic E-state index is -1.28. The number of aliphatic carboxylic acids is 1. The van der Waals surface area contributed by atoms with Crippen LogP contribution in [0.3, 0.4) is 0 Å². The zero-order valence-corrected chi connectivity index (χ0v) is 20.7. The summed E-state index contributed by atoms with van der Waals surface area (Å²) in [5.41, 5.74) is 1.99. The van der Waals surface area contributed by atoms with Gasteiger partial charge in [0.05, 0.1) is 0 Å². The highest BCUT2D eigenvalue weighted by Gasteiger charge is 2.50. The van der Waals surface area contributed by atoms with Crippen LogP contribution in [0, 0.1) is 0 Å². The Morgan fingerprint density at radius 2 is 1.60 bits per heavy atom. The molecule has 2 N–H and O–H groups in total. The van der Waals surface area contributed by atoms with Crippen molar-refractivity contribution in [3.8, 4) is 11.1 Å². The number of carbonyl (C=O) groups is 3. The summed E-state index contributed by atoms with van der Waals surface area (Å²) in [7, 11) is 0. The number of fused-ring (bicyclic) bond motifs is 3. The highest BCUT2D eigenvalue weighted by atomic mass is 16.5. The van der Waals surface area contributed by atoms with Crippen molar-refractivity contribution in [3.05, 3.63) is 59.7 Å². The van der Waals surface area contributed by atoms with Gasteiger partial charge in [0, 0.05) is 12.5 Å². The number of benzene rings is 2. The molecule has 0 bridgehead atoms. The van der Waals surface area contributed by atoms with Crippen molar-refractivity contribution in [2.45, 2.75) is 69.9 Å². The number of nitrogens with one attached hydrogen (secondary N) is 1. The summed E-state index contributed by atoms with van der Waals surface area (Å²) in [5, 5.41) is 12.7. The molecule has 35 heavy (non-hydrogen) atoms. The van der Waals surface area contributed by atoms with Crippen LogP contribution in [-0.2, 0) is 14.3 Å². The van der Waals surface area contributed by atoms with Crippen LogP contribution in [0.5, 0.6) is 0 Å². The van der Waals surface area contributed by atoms with Crippen molar-refractivity contribution in [1.82, 2.24) is 10.2 Å². The minimum Gasteiger partial charge on any atom is -0.480 e. The fourth-order valence-corrected chi connectivity index (χ4v) is 5.54. The van der Waals surface area contributed by atoms with E-state index in [9.17, 15) is 19.5 Å². The molecular formula is C28H34N2O5. The maximum Gasteiger partial charge on any atom is 0.408 e. The quantitative estimate of drug-likeness (QED) is 0.588. The molecular weight excluding hydrogens is 444 g/mol. The SMILES string of the molecule is CCC(CC)(NC(=O)OCC1c2ccccc2-c2ccccc21)C(=O)N1CCCCC1(C)C(=O)O. The Labute approximate surface area is 206 Å². The summed E-state index contributed by atoms with van der Waals surface area (Å²) < 4.78 is 5.70. The van der Waals surface area contributed by atoms with Gasteiger partial charge in [-0.3, -0.25) is 4.79 Å². The van der Waals surface area contributed by atoms with Gasteiger partial charge in [-0.25, -0.2) is 9.59 Å². The number of likely N-dealkylation sites (tertiary alicyclic amines) is 1. The van der Waals surface area contributed by atoms with Gasteiger partial charge in [0.15, 0.2) is 0 Å². The largest absolute Gasteiger partial charge is 0.480 e. The van der Waals surface area contributed by atoms with Gasteiger partial charge in [0.25, 0.3) is 0 Å². The molecule has 0 saturated carbocycles. The lowest BCUT2D eigenvalue weighted by Gasteiger charge is -2.46. The molecule has 0 aromatic heterocycles. The maximum absolute atomic E-state index is 13.7. The van der Waals surface area contributed by atoms with Crippen LogP contribution in [0.2, 0.25) is 0 Å². The van der Waals surface area contributed by atoms with Crippen LogP contribution >= 0.6 is 0 Å². The second-order valence-electron chi connectivity index (χ2n) is 9.73. The van der Waals surface area contributed by atoms with Crippen LogP contribution in [0.15, 0.2) is 48.5 Å². The molecule has 4 rings (SSSR count). The molecule has 1 aliphatic carbocycles. The minimum absolute atomic E-state index is 0.0844. The van der Waals surface area contributed by atoms with E-state index in [0.717, 1.165) is 35.1 Å². The van der Waals surface area contributed by atoms with E-state index < -0.39 is 23.1 Å². The van der Waals surface area contributed by atoms with E-state index in [1.807, 2.05) is 38.1 Å². The third-order valence-corrected chi connectivity index (χ3v) is 7.90. The summed E-state index contributed by atoms with van der Waals surface area (Å²) in [5.74, 6) is -1.47. The Balaban J connectivity index is 1.51. The number of amides is 2. The number of carboxylic acids is 1. The van der Waals surface area contributed by atoms with Crippen LogP contribution in [0.1, 0.15) is 69.9 Å². The molecule has 1 unspecified atom stereocenters. The Morgan fingerprint density at radius 3 is 2.14 bits per heavy atom. The highest BCUT2D eigenvalue weighted by molar-refractivity contribution is 5.94. The Bertz CT molecular complexity index is 1080. The van der Waals surface area contributed by atoms with Gasteiger partial charge in [-0.2, -0.15) is 0 Å². The third kappa shape index (κ3) is 4.28. The molecule has 2 aromatic rings. The predicted molar refractivity (Wildman–Crippen MR) is 133 cm³/mol. The van der Waals surface area contributed by atoms with Gasteiger partial charge >= 0.3 is 12.1 Å². The van der Waals surface area contributed by atoms with Gasteiger partial charge in [0.1, 0.15) is 17.7 Å². The monoisotopic (exact) mass is 478 g/mol. The summed E-state index contributed by atoms with van der Waals surface area (Å²) in [6.45, 7) is 5.75. The molecule has 0 spiro atoms. The fraction of sp³-hybridized carbons (Fsp3) is 0.464. The Kier molecular flexibility index (Phi) is 6.88. The molecule has 1 aliphatic heterocycles. The number of hydrogen-bond acceptors (Lipinski definition) is 4. The summed E-state index contributed by atoms with van der Waals surface area (Å²) >= 11 is 0. The van der Waals surface area contributed by atoms with E-state index in [0.29, 0.717) is 25.8 Å². The Hall–Kier alpha value is -3.35. The van der Waals surface area contributed by atoms with E-state index in [-0.39, 0.29) is 18.4 Å². The molecule has 1 heterocycles. The highest BCUT2D eigenvalue weighted by Crippen LogP contribution is 2.44. The maximum atomic E-state index is 13.7. The number of nitrogens with zero attached hydrogens (tertiary/aromatic N) is 1. The lowest BCUT2D eigenvalue weighted by Crippen LogP contribution is -2.66. The fourth-order valence-electron chi connectivity index (χ4n) is 5.54. The van der Waals surface area contributed by atoms with Crippen molar-refractivity contribution >= 4 is 18.0 Å². The van der Waals surface area contributed by atoms with E-state index >= 15 is 0 Å². The number of rotatable bonds is 7. The van der Waals surface area contributed by atoms with Crippen molar-refractivity contribution in [3.63, 3.8) is 0 Å². The number of alkyl carbamates (subject to hydrolysis) is 1. The zero-order chi connectivity index (χ0) is 25.2. The smallest absolute Gasteiger partial charge is 0.408 e. The first-order valence-electron chi connectivity index (χ1n) is 12.5. The lowest BCUT2D eigenvalue weighted by atomic mass is 9.83. The normalized spacial score (nSPS) is 19.6. The van der Waals surface area contributed by atoms with Gasteiger partial charge in [-0.15, -0.1) is 0 Å². The zero-order valence-electron chi connectivity index (χ0n) is 20.7. The van der Waals surface area contributed by atoms with Crippen LogP contribution < -0.4 is 5.32 Å². The number of carbonyl (C=O) groups excluding carboxylic acids is 2. The standard InChI is InChI=1S/C28H34N2O5/c1-4-28(5-2,24(31)30-17-11-10-16-27(30,3)25(32)33)29-26(34)35-18-23-21-14-8-6-12-19(21)20-13-7-9-15-22(20)23/h6-9,12-15,23H,4-5,10-11,16-18H2,1-3H3,(H,29,34)(H,32,33). The number of piperidine rings is 1. The molecule has 1 fully saturated rings. The van der Waals surface area contributed by atoms with Gasteiger partial charge in [-0.05, 0) is 61.3 Å².